The van der Waals surface area contributed by atoms with Crippen LogP contribution in [-0.4, -0.2) is 30.8 Å². The van der Waals surface area contributed by atoms with Gasteiger partial charge in [0, 0.05) is 6.54 Å². The van der Waals surface area contributed by atoms with Crippen molar-refractivity contribution in [3.63, 3.8) is 0 Å². The summed E-state index contributed by atoms with van der Waals surface area (Å²) in [4.78, 5) is 11.3. The second-order valence-electron chi connectivity index (χ2n) is 3.56. The zero-order valence-corrected chi connectivity index (χ0v) is 8.27. The van der Waals surface area contributed by atoms with E-state index < -0.39 is 11.5 Å². The highest BCUT2D eigenvalue weighted by Gasteiger charge is 2.42. The van der Waals surface area contributed by atoms with Crippen LogP contribution in [-0.2, 0) is 15.1 Å². The molecule has 1 fully saturated rings. The summed E-state index contributed by atoms with van der Waals surface area (Å²) in [5.41, 5.74) is -0.350. The maximum absolute atomic E-state index is 11.3. The third-order valence-electron chi connectivity index (χ3n) is 2.62. The Morgan fingerprint density at radius 1 is 1.40 bits per heavy atom. The van der Waals surface area contributed by atoms with Crippen molar-refractivity contribution in [3.05, 3.63) is 35.9 Å². The van der Waals surface area contributed by atoms with Gasteiger partial charge < -0.3 is 9.84 Å². The van der Waals surface area contributed by atoms with Crippen molar-refractivity contribution in [3.8, 4) is 0 Å². The van der Waals surface area contributed by atoms with E-state index in [1.807, 2.05) is 18.2 Å². The van der Waals surface area contributed by atoms with Crippen LogP contribution < -0.4 is 5.32 Å². The molecule has 1 aromatic carbocycles. The molecule has 1 saturated heterocycles. The molecule has 1 heterocycles. The molecule has 1 aliphatic rings. The minimum atomic E-state index is -1.08. The van der Waals surface area contributed by atoms with Crippen LogP contribution in [0, 0.1) is 0 Å². The quantitative estimate of drug-likeness (QED) is 0.745. The highest BCUT2D eigenvalue weighted by Crippen LogP contribution is 2.23. The monoisotopic (exact) mass is 207 g/mol. The van der Waals surface area contributed by atoms with Crippen LogP contribution in [0.25, 0.3) is 0 Å². The van der Waals surface area contributed by atoms with Crippen LogP contribution in [0.3, 0.4) is 0 Å². The number of nitrogens with one attached hydrogen (secondary N) is 1. The molecule has 2 N–H and O–H groups in total. The smallest absolute Gasteiger partial charge is 0.331 e. The number of ether oxygens (including phenoxy) is 1. The van der Waals surface area contributed by atoms with Crippen LogP contribution >= 0.6 is 0 Å². The molecule has 0 amide bonds. The van der Waals surface area contributed by atoms with Crippen LogP contribution in [0.5, 0.6) is 0 Å². The predicted molar refractivity (Wildman–Crippen MR) is 54.6 cm³/mol. The summed E-state index contributed by atoms with van der Waals surface area (Å²) >= 11 is 0. The Balaban J connectivity index is 2.38. The van der Waals surface area contributed by atoms with E-state index in [0.29, 0.717) is 13.2 Å². The first-order chi connectivity index (χ1) is 7.26. The standard InChI is InChI=1S/C11H13NO3/c13-10(14)11(8-15-7-6-12-11)9-4-2-1-3-5-9/h1-5,12H,6-8H2,(H,13,14). The molecular weight excluding hydrogens is 194 g/mol. The van der Waals surface area contributed by atoms with Gasteiger partial charge in [-0.25, -0.2) is 4.79 Å². The number of aliphatic carboxylic acids is 1. The Morgan fingerprint density at radius 2 is 2.13 bits per heavy atom. The van der Waals surface area contributed by atoms with Gasteiger partial charge in [-0.05, 0) is 5.56 Å². The SMILES string of the molecule is O=C(O)C1(c2ccccc2)COCCN1. The van der Waals surface area contributed by atoms with Gasteiger partial charge in [0.05, 0.1) is 13.2 Å². The molecule has 1 unspecified atom stereocenters. The van der Waals surface area contributed by atoms with Gasteiger partial charge in [0.15, 0.2) is 5.54 Å². The molecule has 1 aliphatic heterocycles. The lowest BCUT2D eigenvalue weighted by atomic mass is 9.90. The number of rotatable bonds is 2. The van der Waals surface area contributed by atoms with E-state index in [1.165, 1.54) is 0 Å². The van der Waals surface area contributed by atoms with Crippen molar-refractivity contribution in [2.24, 2.45) is 0 Å². The molecule has 80 valence electrons. The van der Waals surface area contributed by atoms with Crippen molar-refractivity contribution >= 4 is 5.97 Å². The van der Waals surface area contributed by atoms with E-state index in [4.69, 9.17) is 4.74 Å². The molecule has 0 spiro atoms. The zero-order valence-electron chi connectivity index (χ0n) is 8.27. The first-order valence-electron chi connectivity index (χ1n) is 4.87. The van der Waals surface area contributed by atoms with Crippen molar-refractivity contribution in [2.75, 3.05) is 19.8 Å². The molecule has 4 nitrogen and oxygen atoms in total. The summed E-state index contributed by atoms with van der Waals surface area (Å²) in [5, 5.41) is 12.3. The second kappa shape index (κ2) is 4.00. The summed E-state index contributed by atoms with van der Waals surface area (Å²) < 4.78 is 5.26. The fourth-order valence-corrected chi connectivity index (χ4v) is 1.78. The Labute approximate surface area is 87.9 Å². The number of hydrogen-bond donors (Lipinski definition) is 2. The summed E-state index contributed by atoms with van der Waals surface area (Å²) in [6, 6.07) is 9.13. The Kier molecular flexibility index (Phi) is 2.70. The Bertz CT molecular complexity index is 344. The van der Waals surface area contributed by atoms with Gasteiger partial charge >= 0.3 is 5.97 Å². The zero-order chi connectivity index (χ0) is 10.7. The largest absolute Gasteiger partial charge is 0.480 e. The Morgan fingerprint density at radius 3 is 2.67 bits per heavy atom. The van der Waals surface area contributed by atoms with Gasteiger partial charge in [-0.2, -0.15) is 0 Å². The summed E-state index contributed by atoms with van der Waals surface area (Å²) in [6.45, 7) is 1.29. The predicted octanol–water partition coefficient (Wildman–Crippen LogP) is 0.586. The van der Waals surface area contributed by atoms with E-state index in [1.54, 1.807) is 12.1 Å². The van der Waals surface area contributed by atoms with Gasteiger partial charge in [-0.15, -0.1) is 0 Å². The normalized spacial score (nSPS) is 26.1. The third kappa shape index (κ3) is 1.73. The number of carbonyl (C=O) groups is 1. The fraction of sp³-hybridized carbons (Fsp3) is 0.364. The van der Waals surface area contributed by atoms with E-state index in [0.717, 1.165) is 5.56 Å². The van der Waals surface area contributed by atoms with Crippen molar-refractivity contribution < 1.29 is 14.6 Å². The molecule has 2 rings (SSSR count). The van der Waals surface area contributed by atoms with Gasteiger partial charge in [-0.3, -0.25) is 5.32 Å². The lowest BCUT2D eigenvalue weighted by Gasteiger charge is -2.34. The highest BCUT2D eigenvalue weighted by molar-refractivity contribution is 5.81. The lowest BCUT2D eigenvalue weighted by Crippen LogP contribution is -2.56. The van der Waals surface area contributed by atoms with Gasteiger partial charge in [-0.1, -0.05) is 30.3 Å². The van der Waals surface area contributed by atoms with Crippen molar-refractivity contribution in [1.29, 1.82) is 0 Å². The van der Waals surface area contributed by atoms with Crippen LogP contribution in [0.15, 0.2) is 30.3 Å². The number of carboxylic acid groups (broad SMARTS) is 1. The van der Waals surface area contributed by atoms with Crippen LogP contribution in [0.1, 0.15) is 5.56 Å². The molecule has 0 bridgehead atoms. The number of carboxylic acids is 1. The molecule has 0 aliphatic carbocycles. The van der Waals surface area contributed by atoms with Crippen molar-refractivity contribution in [2.45, 2.75) is 5.54 Å². The minimum Gasteiger partial charge on any atom is -0.480 e. The topological polar surface area (TPSA) is 58.6 Å². The molecule has 0 radical (unpaired) electrons. The lowest BCUT2D eigenvalue weighted by molar-refractivity contribution is -0.151. The average molecular weight is 207 g/mol. The average Bonchev–Trinajstić information content (AvgIpc) is 2.31. The maximum Gasteiger partial charge on any atom is 0.331 e. The first-order valence-corrected chi connectivity index (χ1v) is 4.87. The maximum atomic E-state index is 11.3. The second-order valence-corrected chi connectivity index (χ2v) is 3.56. The van der Waals surface area contributed by atoms with Crippen molar-refractivity contribution in [1.82, 2.24) is 5.32 Å². The van der Waals surface area contributed by atoms with Gasteiger partial charge in [0.2, 0.25) is 0 Å². The number of benzene rings is 1. The van der Waals surface area contributed by atoms with Crippen LogP contribution in [0.4, 0.5) is 0 Å². The molecule has 1 atom stereocenters. The van der Waals surface area contributed by atoms with Gasteiger partial charge in [0.1, 0.15) is 0 Å². The summed E-state index contributed by atoms with van der Waals surface area (Å²) in [5.74, 6) is -0.895. The van der Waals surface area contributed by atoms with Gasteiger partial charge in [0.25, 0.3) is 0 Å². The molecular formula is C11H13NO3. The molecule has 1 aromatic rings. The van der Waals surface area contributed by atoms with E-state index in [9.17, 15) is 9.90 Å². The van der Waals surface area contributed by atoms with E-state index in [-0.39, 0.29) is 6.61 Å². The molecule has 0 aromatic heterocycles. The van der Waals surface area contributed by atoms with E-state index >= 15 is 0 Å². The molecule has 4 heteroatoms. The first kappa shape index (κ1) is 10.1. The highest BCUT2D eigenvalue weighted by atomic mass is 16.5. The third-order valence-corrected chi connectivity index (χ3v) is 2.62. The molecule has 0 saturated carbocycles. The van der Waals surface area contributed by atoms with E-state index in [2.05, 4.69) is 5.32 Å². The minimum absolute atomic E-state index is 0.173. The fourth-order valence-electron chi connectivity index (χ4n) is 1.78. The molecule has 15 heavy (non-hydrogen) atoms. The number of hydrogen-bond acceptors (Lipinski definition) is 3. The summed E-state index contributed by atoms with van der Waals surface area (Å²) in [7, 11) is 0. The number of morpholine rings is 1. The summed E-state index contributed by atoms with van der Waals surface area (Å²) in [6.07, 6.45) is 0. The Hall–Kier alpha value is -1.39. The van der Waals surface area contributed by atoms with Crippen LogP contribution in [0.2, 0.25) is 0 Å².